The summed E-state index contributed by atoms with van der Waals surface area (Å²) in [6, 6.07) is 3.43. The normalized spacial score (nSPS) is 13.4. The number of hydrogen-bond donors (Lipinski definition) is 3. The minimum Gasteiger partial charge on any atom is -0.495 e. The lowest BCUT2D eigenvalue weighted by atomic mass is 10.1. The van der Waals surface area contributed by atoms with Gasteiger partial charge in [-0.3, -0.25) is 0 Å². The van der Waals surface area contributed by atoms with Gasteiger partial charge in [0, 0.05) is 11.0 Å². The van der Waals surface area contributed by atoms with Gasteiger partial charge in [0.1, 0.15) is 5.75 Å². The Balaban J connectivity index is 2.63. The fourth-order valence-corrected chi connectivity index (χ4v) is 2.68. The molecule has 1 rings (SSSR count). The minimum atomic E-state index is -0.362. The van der Waals surface area contributed by atoms with E-state index in [0.717, 1.165) is 10.0 Å². The van der Waals surface area contributed by atoms with Gasteiger partial charge in [0.2, 0.25) is 0 Å². The molecule has 2 amide bonds. The van der Waals surface area contributed by atoms with Crippen molar-refractivity contribution in [1.82, 2.24) is 5.32 Å². The van der Waals surface area contributed by atoms with Crippen molar-refractivity contribution in [3.63, 3.8) is 0 Å². The quantitative estimate of drug-likeness (QED) is 0.730. The van der Waals surface area contributed by atoms with E-state index in [1.807, 2.05) is 19.9 Å². The van der Waals surface area contributed by atoms with E-state index in [1.54, 1.807) is 20.1 Å². The number of nitrogens with one attached hydrogen (secondary N) is 2. The summed E-state index contributed by atoms with van der Waals surface area (Å²) in [5.41, 5.74) is 1.56. The van der Waals surface area contributed by atoms with Crippen LogP contribution in [0.2, 0.25) is 0 Å². The van der Waals surface area contributed by atoms with Gasteiger partial charge in [-0.15, -0.1) is 0 Å². The van der Waals surface area contributed by atoms with E-state index in [4.69, 9.17) is 4.74 Å². The number of carbonyl (C=O) groups is 1. The molecule has 5 nitrogen and oxygen atoms in total. The van der Waals surface area contributed by atoms with Crippen LogP contribution in [0.5, 0.6) is 5.75 Å². The summed E-state index contributed by atoms with van der Waals surface area (Å²) in [6.45, 7) is 6.14. The van der Waals surface area contributed by atoms with Crippen LogP contribution in [-0.4, -0.2) is 30.9 Å². The van der Waals surface area contributed by atoms with Gasteiger partial charge < -0.3 is 20.5 Å². The summed E-state index contributed by atoms with van der Waals surface area (Å²) < 4.78 is 6.18. The predicted octanol–water partition coefficient (Wildman–Crippen LogP) is 3.29. The predicted molar refractivity (Wildman–Crippen MR) is 87.9 cm³/mol. The van der Waals surface area contributed by atoms with E-state index in [1.165, 1.54) is 0 Å². The van der Waals surface area contributed by atoms with Crippen LogP contribution in [0, 0.1) is 12.8 Å². The number of aliphatic hydroxyl groups is 1. The van der Waals surface area contributed by atoms with Crippen molar-refractivity contribution >= 4 is 27.6 Å². The van der Waals surface area contributed by atoms with E-state index in [-0.39, 0.29) is 18.1 Å². The lowest BCUT2D eigenvalue weighted by molar-refractivity contribution is 0.163. The van der Waals surface area contributed by atoms with Gasteiger partial charge in [-0.2, -0.15) is 0 Å². The fraction of sp³-hybridized carbons (Fsp3) is 0.533. The number of ether oxygens (including phenoxy) is 1. The zero-order chi connectivity index (χ0) is 16.0. The fourth-order valence-electron chi connectivity index (χ4n) is 2.12. The molecule has 0 saturated carbocycles. The highest BCUT2D eigenvalue weighted by Crippen LogP contribution is 2.31. The summed E-state index contributed by atoms with van der Waals surface area (Å²) >= 11 is 3.39. The third-order valence-electron chi connectivity index (χ3n) is 3.08. The van der Waals surface area contributed by atoms with E-state index in [0.29, 0.717) is 24.4 Å². The Morgan fingerprint density at radius 3 is 2.67 bits per heavy atom. The largest absolute Gasteiger partial charge is 0.495 e. The maximum Gasteiger partial charge on any atom is 0.319 e. The number of methoxy groups -OCH3 is 1. The molecule has 0 aliphatic heterocycles. The van der Waals surface area contributed by atoms with Crippen LogP contribution in [-0.2, 0) is 0 Å². The molecule has 1 aromatic carbocycles. The molecule has 0 saturated heterocycles. The zero-order valence-corrected chi connectivity index (χ0v) is 14.5. The second-order valence-corrected chi connectivity index (χ2v) is 6.24. The first-order valence-electron chi connectivity index (χ1n) is 6.90. The zero-order valence-electron chi connectivity index (χ0n) is 12.9. The first kappa shape index (κ1) is 17.8. The van der Waals surface area contributed by atoms with Crippen molar-refractivity contribution in [2.45, 2.75) is 33.3 Å². The molecule has 118 valence electrons. The average Bonchev–Trinajstić information content (AvgIpc) is 2.38. The van der Waals surface area contributed by atoms with Gasteiger partial charge >= 0.3 is 6.03 Å². The van der Waals surface area contributed by atoms with Crippen LogP contribution in [0.1, 0.15) is 25.8 Å². The van der Waals surface area contributed by atoms with Crippen LogP contribution >= 0.6 is 15.9 Å². The van der Waals surface area contributed by atoms with Gasteiger partial charge in [-0.25, -0.2) is 4.79 Å². The maximum atomic E-state index is 12.0. The molecule has 0 aliphatic rings. The summed E-state index contributed by atoms with van der Waals surface area (Å²) in [5, 5.41) is 14.9. The first-order chi connectivity index (χ1) is 9.83. The Hall–Kier alpha value is -1.27. The van der Waals surface area contributed by atoms with Gasteiger partial charge in [0.15, 0.2) is 0 Å². The number of rotatable bonds is 6. The van der Waals surface area contributed by atoms with E-state index in [9.17, 15) is 9.90 Å². The van der Waals surface area contributed by atoms with Crippen LogP contribution in [0.4, 0.5) is 10.5 Å². The molecule has 0 spiro atoms. The number of hydrogen-bond acceptors (Lipinski definition) is 3. The highest BCUT2D eigenvalue weighted by atomic mass is 79.9. The Morgan fingerprint density at radius 1 is 1.43 bits per heavy atom. The van der Waals surface area contributed by atoms with E-state index < -0.39 is 0 Å². The van der Waals surface area contributed by atoms with Crippen LogP contribution < -0.4 is 15.4 Å². The van der Waals surface area contributed by atoms with E-state index in [2.05, 4.69) is 26.6 Å². The lowest BCUT2D eigenvalue weighted by Gasteiger charge is -2.17. The molecule has 6 heteroatoms. The number of aliphatic hydroxyl groups excluding tert-OH is 1. The molecule has 1 aromatic rings. The summed E-state index contributed by atoms with van der Waals surface area (Å²) in [6.07, 6.45) is 0.291. The highest BCUT2D eigenvalue weighted by molar-refractivity contribution is 9.10. The van der Waals surface area contributed by atoms with Crippen molar-refractivity contribution in [3.05, 3.63) is 22.2 Å². The first-order valence-corrected chi connectivity index (χ1v) is 7.69. The Morgan fingerprint density at radius 2 is 2.10 bits per heavy atom. The van der Waals surface area contributed by atoms with Crippen molar-refractivity contribution in [2.75, 3.05) is 19.0 Å². The lowest BCUT2D eigenvalue weighted by Crippen LogP contribution is -2.33. The van der Waals surface area contributed by atoms with Gasteiger partial charge in [0.25, 0.3) is 0 Å². The van der Waals surface area contributed by atoms with Crippen molar-refractivity contribution in [1.29, 1.82) is 0 Å². The molecule has 0 aliphatic carbocycles. The second kappa shape index (κ2) is 8.24. The maximum absolute atomic E-state index is 12.0. The number of aryl methyl sites for hydroxylation is 1. The molecule has 0 bridgehead atoms. The molecule has 21 heavy (non-hydrogen) atoms. The molecule has 2 atom stereocenters. The number of benzene rings is 1. The number of urea groups is 1. The topological polar surface area (TPSA) is 70.6 Å². The van der Waals surface area contributed by atoms with Gasteiger partial charge in [-0.05, 0) is 43.9 Å². The minimum absolute atomic E-state index is 0.212. The van der Waals surface area contributed by atoms with Gasteiger partial charge in [0.05, 0.1) is 18.9 Å². The third-order valence-corrected chi connectivity index (χ3v) is 3.53. The molecule has 0 fully saturated rings. The Kier molecular flexibility index (Phi) is 6.98. The number of amides is 2. The number of carbonyl (C=O) groups excluding carboxylic acids is 1. The Labute approximate surface area is 134 Å². The molecule has 0 radical (unpaired) electrons. The summed E-state index contributed by atoms with van der Waals surface area (Å²) in [5.74, 6) is 0.817. The van der Waals surface area contributed by atoms with Crippen molar-refractivity contribution < 1.29 is 14.6 Å². The summed E-state index contributed by atoms with van der Waals surface area (Å²) in [7, 11) is 1.56. The third kappa shape index (κ3) is 5.93. The smallest absolute Gasteiger partial charge is 0.319 e. The van der Waals surface area contributed by atoms with Crippen molar-refractivity contribution in [2.24, 2.45) is 5.92 Å². The summed E-state index contributed by atoms with van der Waals surface area (Å²) in [4.78, 5) is 12.0. The van der Waals surface area contributed by atoms with E-state index >= 15 is 0 Å². The second-order valence-electron chi connectivity index (χ2n) is 5.32. The molecule has 0 aromatic heterocycles. The Bertz CT molecular complexity index is 492. The number of halogens is 1. The van der Waals surface area contributed by atoms with Crippen LogP contribution in [0.25, 0.3) is 0 Å². The molecular weight excluding hydrogens is 336 g/mol. The molecule has 3 N–H and O–H groups in total. The standard InChI is InChI=1S/C15H23BrN2O3/c1-9(5-11(3)19)8-17-15(20)18-14-10(2)6-12(16)7-13(14)21-4/h6-7,9,11,19H,5,8H2,1-4H3,(H2,17,18,20). The average molecular weight is 359 g/mol. The van der Waals surface area contributed by atoms with Crippen LogP contribution in [0.3, 0.4) is 0 Å². The SMILES string of the molecule is COc1cc(Br)cc(C)c1NC(=O)NCC(C)CC(C)O. The van der Waals surface area contributed by atoms with Crippen LogP contribution in [0.15, 0.2) is 16.6 Å². The van der Waals surface area contributed by atoms with Crippen molar-refractivity contribution in [3.8, 4) is 5.75 Å². The monoisotopic (exact) mass is 358 g/mol. The molecular formula is C15H23BrN2O3. The highest BCUT2D eigenvalue weighted by Gasteiger charge is 2.13. The number of anilines is 1. The van der Waals surface area contributed by atoms with Gasteiger partial charge in [-0.1, -0.05) is 22.9 Å². The molecule has 2 unspecified atom stereocenters. The molecule has 0 heterocycles.